The number of benzene rings is 4. The third-order valence-electron chi connectivity index (χ3n) is 7.45. The van der Waals surface area contributed by atoms with Gasteiger partial charge in [0.25, 0.3) is 0 Å². The molecule has 4 aromatic rings. The minimum Gasteiger partial charge on any atom is -0.147 e. The molecule has 0 saturated heterocycles. The van der Waals surface area contributed by atoms with Crippen molar-refractivity contribution in [2.45, 2.75) is 44.9 Å². The maximum atomic E-state index is 2.52. The van der Waals surface area contributed by atoms with Gasteiger partial charge in [-0.3, -0.25) is 0 Å². The topological polar surface area (TPSA) is 0 Å². The third-order valence-corrected chi connectivity index (χ3v) is 15.0. The number of halogens is 3. The molecule has 5 rings (SSSR count). The van der Waals surface area contributed by atoms with E-state index < -0.39 is 8.07 Å². The van der Waals surface area contributed by atoms with Crippen molar-refractivity contribution in [3.63, 3.8) is 0 Å². The molecule has 4 aromatic carbocycles. The summed E-state index contributed by atoms with van der Waals surface area (Å²) in [4.78, 5) is 0. The number of fused-ring (bicyclic) bond motifs is 1. The van der Waals surface area contributed by atoms with Crippen LogP contribution in [0.3, 0.4) is 0 Å². The largest absolute Gasteiger partial charge is 0.147 e. The zero-order valence-corrected chi connectivity index (χ0v) is 27.9. The van der Waals surface area contributed by atoms with E-state index in [4.69, 9.17) is 0 Å². The van der Waals surface area contributed by atoms with Gasteiger partial charge in [-0.05, 0) is 0 Å². The molecular formula is C33H36Cl3SiTi. The number of allylic oxidation sites excluding steroid dienone is 1. The monoisotopic (exact) mass is 613 g/mol. The zero-order valence-electron chi connectivity index (χ0n) is 22.9. The van der Waals surface area contributed by atoms with Crippen LogP contribution in [0.1, 0.15) is 44.5 Å². The van der Waals surface area contributed by atoms with Crippen LogP contribution < -0.4 is 15.6 Å². The Morgan fingerprint density at radius 1 is 0.526 bits per heavy atom. The third kappa shape index (κ3) is 5.39. The van der Waals surface area contributed by atoms with Crippen LogP contribution >= 0.6 is 37.2 Å². The van der Waals surface area contributed by atoms with E-state index in [1.807, 2.05) is 0 Å². The maximum absolute atomic E-state index is 2.64. The molecular weight excluding hydrogens is 579 g/mol. The average Bonchev–Trinajstić information content (AvgIpc) is 3.10. The second-order valence-electron chi connectivity index (χ2n) is 10.6. The fourth-order valence-corrected chi connectivity index (χ4v) is 14.9. The van der Waals surface area contributed by atoms with Crippen molar-refractivity contribution >= 4 is 66.9 Å². The van der Waals surface area contributed by atoms with Crippen molar-refractivity contribution < 1.29 is 20.4 Å². The molecule has 0 aliphatic heterocycles. The smallest absolute Gasteiger partial charge is 0.147 e. The number of rotatable bonds is 4. The van der Waals surface area contributed by atoms with E-state index in [0.29, 0.717) is 0 Å². The molecule has 0 radical (unpaired) electrons. The summed E-state index contributed by atoms with van der Waals surface area (Å²) in [6.45, 7) is 13.5. The molecule has 1 atom stereocenters. The second-order valence-corrected chi connectivity index (χ2v) is 16.6. The van der Waals surface area contributed by atoms with E-state index in [9.17, 15) is 0 Å². The molecule has 1 unspecified atom stereocenters. The van der Waals surface area contributed by atoms with Crippen molar-refractivity contribution in [2.24, 2.45) is 0 Å². The fourth-order valence-electron chi connectivity index (χ4n) is 6.39. The molecule has 0 amide bonds. The first kappa shape index (κ1) is 32.6. The molecule has 38 heavy (non-hydrogen) atoms. The Balaban J connectivity index is 0.00000169. The van der Waals surface area contributed by atoms with Crippen LogP contribution in [-0.2, 0) is 23.8 Å². The molecule has 0 bridgehead atoms. The first-order valence-corrected chi connectivity index (χ1v) is 15.2. The summed E-state index contributed by atoms with van der Waals surface area (Å²) in [5.74, 6) is 0. The van der Waals surface area contributed by atoms with Crippen LogP contribution in [0.4, 0.5) is 0 Å². The van der Waals surface area contributed by atoms with Gasteiger partial charge in [0.2, 0.25) is 0 Å². The Morgan fingerprint density at radius 2 is 0.868 bits per heavy atom. The van der Waals surface area contributed by atoms with Gasteiger partial charge in [0.05, 0.1) is 0 Å². The van der Waals surface area contributed by atoms with Gasteiger partial charge in [-0.25, -0.2) is 0 Å². The molecule has 0 nitrogen and oxygen atoms in total. The summed E-state index contributed by atoms with van der Waals surface area (Å²) in [7, 11) is -2.64. The first-order valence-electron chi connectivity index (χ1n) is 12.4. The molecule has 0 saturated carbocycles. The number of hydrogen-bond donors (Lipinski definition) is 0. The Bertz CT molecular complexity index is 1310. The van der Waals surface area contributed by atoms with Crippen LogP contribution in [0.2, 0.25) is 0 Å². The second kappa shape index (κ2) is 12.3. The van der Waals surface area contributed by atoms with Crippen LogP contribution in [0.25, 0.3) is 6.08 Å². The predicted octanol–water partition coefficient (Wildman–Crippen LogP) is 7.28. The molecule has 1 aliphatic carbocycles. The summed E-state index contributed by atoms with van der Waals surface area (Å²) < 4.78 is -0.135. The van der Waals surface area contributed by atoms with Gasteiger partial charge in [-0.2, -0.15) is 0 Å². The molecule has 0 aromatic heterocycles. The van der Waals surface area contributed by atoms with Crippen LogP contribution in [-0.4, -0.2) is 8.07 Å². The summed E-state index contributed by atoms with van der Waals surface area (Å²) in [5, 5.41) is 4.48. The summed E-state index contributed by atoms with van der Waals surface area (Å²) in [6.07, 6.45) is 4.89. The fraction of sp³-hybridized carbons (Fsp3) is 0.212. The zero-order chi connectivity index (χ0) is 25.0. The van der Waals surface area contributed by atoms with Gasteiger partial charge in [0.15, 0.2) is 0 Å². The van der Waals surface area contributed by atoms with Crippen molar-refractivity contribution in [3.8, 4) is 0 Å². The summed E-state index contributed by atoms with van der Waals surface area (Å²) in [6, 6.07) is 30.8. The van der Waals surface area contributed by atoms with E-state index in [1.54, 1.807) is 0 Å². The van der Waals surface area contributed by atoms with Gasteiger partial charge in [0, 0.05) is 0 Å². The Morgan fingerprint density at radius 3 is 1.24 bits per heavy atom. The van der Waals surface area contributed by atoms with Crippen molar-refractivity contribution in [3.05, 3.63) is 129 Å². The van der Waals surface area contributed by atoms with Gasteiger partial charge in [-0.1, -0.05) is 0 Å². The summed E-state index contributed by atoms with van der Waals surface area (Å²) >= 11 is 2.51. The van der Waals surface area contributed by atoms with E-state index in [-0.39, 0.29) is 40.6 Å². The van der Waals surface area contributed by atoms with Gasteiger partial charge in [-0.15, -0.1) is 37.2 Å². The normalized spacial score (nSPS) is 15.6. The Hall–Kier alpha value is -1.58. The van der Waals surface area contributed by atoms with E-state index in [1.165, 1.54) is 60.1 Å². The first-order chi connectivity index (χ1) is 16.6. The molecule has 5 heteroatoms. The molecule has 1 aliphatic rings. The van der Waals surface area contributed by atoms with E-state index in [2.05, 4.69) is 153 Å². The van der Waals surface area contributed by atoms with E-state index >= 15 is 0 Å². The molecule has 0 N–H and O–H groups in total. The van der Waals surface area contributed by atoms with Gasteiger partial charge < -0.3 is 0 Å². The van der Waals surface area contributed by atoms with Gasteiger partial charge in [0.1, 0.15) is 0 Å². The Kier molecular flexibility index (Phi) is 10.6. The van der Waals surface area contributed by atoms with Crippen molar-refractivity contribution in [2.75, 3.05) is 0 Å². The van der Waals surface area contributed by atoms with Crippen LogP contribution in [0.15, 0.2) is 84.9 Å². The number of hydrogen-bond acceptors (Lipinski definition) is 0. The molecule has 0 heterocycles. The van der Waals surface area contributed by atoms with Crippen molar-refractivity contribution in [1.29, 1.82) is 0 Å². The quantitative estimate of drug-likeness (QED) is 0.167. The standard InChI is InChI=1S/C33H33Si.3ClH.Ti/c1-22-13-23(2)17-29(16-22)34(30-18-24(3)14-25(4)19-30,31-20-26(5)15-27(6)21-31)33-12-11-28-9-7-8-10-32(28)33;;;;/h7-21H,1-6H3;3*1H;. The molecule has 0 fully saturated rings. The van der Waals surface area contributed by atoms with Crippen LogP contribution in [0.5, 0.6) is 0 Å². The molecule has 0 spiro atoms. The summed E-state index contributed by atoms with van der Waals surface area (Å²) in [5.41, 5.74) is 10.8. The van der Waals surface area contributed by atoms with Gasteiger partial charge >= 0.3 is 224 Å². The minimum atomic E-state index is -2.64. The average molecular weight is 615 g/mol. The van der Waals surface area contributed by atoms with E-state index in [0.717, 1.165) is 0 Å². The minimum absolute atomic E-state index is 0. The SMILES string of the molecule is Cc1cc(C)cc([Si](c2cc(C)cc(C)c2)(c2cc(C)cc(C)c2)[C]2([Ti])C=Cc3ccccc32)c1.Cl.Cl.Cl. The predicted molar refractivity (Wildman–Crippen MR) is 171 cm³/mol. The van der Waals surface area contributed by atoms with Crippen LogP contribution in [0, 0.1) is 41.5 Å². The maximum Gasteiger partial charge on any atom is -0.147 e. The Labute approximate surface area is 260 Å². The molecule has 197 valence electrons. The van der Waals surface area contributed by atoms with Crippen molar-refractivity contribution in [1.82, 2.24) is 0 Å². The number of aryl methyl sites for hydroxylation is 6.